The summed E-state index contributed by atoms with van der Waals surface area (Å²) < 4.78 is 26.6. The number of likely N-dealkylation sites (N-methyl/N-ethyl adjacent to an activating group) is 1. The van der Waals surface area contributed by atoms with Crippen LogP contribution in [0.15, 0.2) is 47.6 Å². The van der Waals surface area contributed by atoms with Crippen molar-refractivity contribution in [3.8, 4) is 0 Å². The van der Waals surface area contributed by atoms with E-state index >= 15 is 0 Å². The largest absolute Gasteiger partial charge is 0.344 e. The average Bonchev–Trinajstić information content (AvgIpc) is 2.96. The molecule has 27 heavy (non-hydrogen) atoms. The lowest BCUT2D eigenvalue weighted by molar-refractivity contribution is 0.245. The standard InChI is InChI=1S/C21H25N3O2S/c1-15-21-18-14-17(27(3,25)26)4-5-19(18)24(20(21)9-12-23(15)2)13-8-16-6-10-22-11-7-16/h4-7,10-11,14-15H,8-9,12-13H2,1-3H3. The van der Waals surface area contributed by atoms with E-state index in [0.29, 0.717) is 4.90 Å². The van der Waals surface area contributed by atoms with E-state index < -0.39 is 9.84 Å². The fraction of sp³-hybridized carbons (Fsp3) is 0.381. The number of rotatable bonds is 4. The molecule has 0 saturated carbocycles. The van der Waals surface area contributed by atoms with Gasteiger partial charge in [-0.3, -0.25) is 9.88 Å². The van der Waals surface area contributed by atoms with Crippen LogP contribution in [0.5, 0.6) is 0 Å². The molecule has 0 fully saturated rings. The smallest absolute Gasteiger partial charge is 0.175 e. The van der Waals surface area contributed by atoms with Crippen molar-refractivity contribution < 1.29 is 8.42 Å². The number of benzene rings is 1. The van der Waals surface area contributed by atoms with Gasteiger partial charge in [0.15, 0.2) is 9.84 Å². The Labute approximate surface area is 160 Å². The van der Waals surface area contributed by atoms with Crippen LogP contribution in [0.2, 0.25) is 0 Å². The van der Waals surface area contributed by atoms with Crippen LogP contribution in [-0.2, 0) is 29.2 Å². The van der Waals surface area contributed by atoms with Crippen LogP contribution >= 0.6 is 0 Å². The van der Waals surface area contributed by atoms with E-state index in [2.05, 4.69) is 40.6 Å². The predicted molar refractivity (Wildman–Crippen MR) is 108 cm³/mol. The van der Waals surface area contributed by atoms with Gasteiger partial charge in [-0.1, -0.05) is 0 Å². The van der Waals surface area contributed by atoms with Gasteiger partial charge in [0.25, 0.3) is 0 Å². The lowest BCUT2D eigenvalue weighted by Crippen LogP contribution is -2.31. The van der Waals surface area contributed by atoms with Gasteiger partial charge in [0.2, 0.25) is 0 Å². The van der Waals surface area contributed by atoms with Crippen LogP contribution in [0.3, 0.4) is 0 Å². The summed E-state index contributed by atoms with van der Waals surface area (Å²) in [5, 5.41) is 1.07. The van der Waals surface area contributed by atoms with Gasteiger partial charge in [0.05, 0.1) is 4.90 Å². The second kappa shape index (κ2) is 6.77. The fourth-order valence-electron chi connectivity index (χ4n) is 4.12. The first-order valence-corrected chi connectivity index (χ1v) is 11.2. The van der Waals surface area contributed by atoms with Crippen molar-refractivity contribution in [1.29, 1.82) is 0 Å². The molecule has 5 nitrogen and oxygen atoms in total. The van der Waals surface area contributed by atoms with Crippen LogP contribution in [-0.4, -0.2) is 42.7 Å². The second-order valence-corrected chi connectivity index (χ2v) is 9.49. The monoisotopic (exact) mass is 383 g/mol. The third-order valence-corrected chi connectivity index (χ3v) is 6.88. The fourth-order valence-corrected chi connectivity index (χ4v) is 4.77. The van der Waals surface area contributed by atoms with E-state index in [-0.39, 0.29) is 6.04 Å². The van der Waals surface area contributed by atoms with Crippen molar-refractivity contribution in [2.75, 3.05) is 19.8 Å². The first-order valence-electron chi connectivity index (χ1n) is 9.30. The molecule has 0 bridgehead atoms. The quantitative estimate of drug-likeness (QED) is 0.694. The van der Waals surface area contributed by atoms with E-state index in [0.717, 1.165) is 36.8 Å². The molecular weight excluding hydrogens is 358 g/mol. The van der Waals surface area contributed by atoms with Gasteiger partial charge in [-0.15, -0.1) is 0 Å². The normalized spacial score (nSPS) is 18.0. The van der Waals surface area contributed by atoms with Crippen LogP contribution in [0.4, 0.5) is 0 Å². The van der Waals surface area contributed by atoms with Gasteiger partial charge in [0, 0.05) is 60.8 Å². The Kier molecular flexibility index (Phi) is 4.56. The zero-order chi connectivity index (χ0) is 19.2. The molecule has 0 N–H and O–H groups in total. The third-order valence-electron chi connectivity index (χ3n) is 5.77. The maximum absolute atomic E-state index is 12.1. The molecular formula is C21H25N3O2S. The maximum Gasteiger partial charge on any atom is 0.175 e. The molecule has 3 heterocycles. The molecule has 1 aliphatic heterocycles. The topological polar surface area (TPSA) is 55.2 Å². The van der Waals surface area contributed by atoms with Gasteiger partial charge >= 0.3 is 0 Å². The van der Waals surface area contributed by atoms with E-state index in [1.54, 1.807) is 6.07 Å². The summed E-state index contributed by atoms with van der Waals surface area (Å²) in [5.74, 6) is 0. The van der Waals surface area contributed by atoms with E-state index in [4.69, 9.17) is 0 Å². The first-order chi connectivity index (χ1) is 12.9. The average molecular weight is 384 g/mol. The molecule has 0 amide bonds. The molecule has 3 aromatic rings. The molecule has 1 aromatic carbocycles. The summed E-state index contributed by atoms with van der Waals surface area (Å²) in [6.45, 7) is 4.10. The number of aromatic nitrogens is 2. The lowest BCUT2D eigenvalue weighted by atomic mass is 9.97. The van der Waals surface area contributed by atoms with Crippen molar-refractivity contribution in [2.45, 2.75) is 37.2 Å². The Morgan fingerprint density at radius 3 is 2.63 bits per heavy atom. The van der Waals surface area contributed by atoms with E-state index in [9.17, 15) is 8.42 Å². The van der Waals surface area contributed by atoms with Crippen LogP contribution in [0, 0.1) is 0 Å². The summed E-state index contributed by atoms with van der Waals surface area (Å²) in [6.07, 6.45) is 6.84. The molecule has 1 aliphatic rings. The maximum atomic E-state index is 12.1. The Balaban J connectivity index is 1.85. The molecule has 6 heteroatoms. The van der Waals surface area contributed by atoms with Crippen molar-refractivity contribution >= 4 is 20.7 Å². The Morgan fingerprint density at radius 2 is 1.93 bits per heavy atom. The second-order valence-electron chi connectivity index (χ2n) is 7.48. The highest BCUT2D eigenvalue weighted by molar-refractivity contribution is 7.90. The molecule has 0 saturated heterocycles. The molecule has 142 valence electrons. The van der Waals surface area contributed by atoms with Crippen LogP contribution in [0.1, 0.15) is 29.8 Å². The predicted octanol–water partition coefficient (Wildman–Crippen LogP) is 3.23. The molecule has 0 aliphatic carbocycles. The van der Waals surface area contributed by atoms with Crippen LogP contribution in [0.25, 0.3) is 10.9 Å². The highest BCUT2D eigenvalue weighted by Gasteiger charge is 2.28. The number of sulfone groups is 1. The summed E-state index contributed by atoms with van der Waals surface area (Å²) in [5.41, 5.74) is 5.01. The molecule has 1 atom stereocenters. The van der Waals surface area contributed by atoms with Gasteiger partial charge in [-0.2, -0.15) is 0 Å². The minimum atomic E-state index is -3.23. The molecule has 0 radical (unpaired) electrons. The van der Waals surface area contributed by atoms with Crippen LogP contribution < -0.4 is 0 Å². The summed E-state index contributed by atoms with van der Waals surface area (Å²) in [6, 6.07) is 9.95. The first kappa shape index (κ1) is 18.2. The molecule has 4 rings (SSSR count). The number of pyridine rings is 1. The van der Waals surface area contributed by atoms with Gasteiger partial charge < -0.3 is 4.57 Å². The van der Waals surface area contributed by atoms with Crippen molar-refractivity contribution in [3.05, 3.63) is 59.5 Å². The zero-order valence-electron chi connectivity index (χ0n) is 16.0. The molecule has 2 aromatic heterocycles. The van der Waals surface area contributed by atoms with Gasteiger partial charge in [0.1, 0.15) is 0 Å². The molecule has 0 spiro atoms. The van der Waals surface area contributed by atoms with E-state index in [1.165, 1.54) is 23.1 Å². The summed E-state index contributed by atoms with van der Waals surface area (Å²) >= 11 is 0. The minimum absolute atomic E-state index is 0.272. The summed E-state index contributed by atoms with van der Waals surface area (Å²) in [4.78, 5) is 6.82. The summed E-state index contributed by atoms with van der Waals surface area (Å²) in [7, 11) is -1.09. The number of nitrogens with zero attached hydrogens (tertiary/aromatic N) is 3. The third kappa shape index (κ3) is 3.28. The highest BCUT2D eigenvalue weighted by atomic mass is 32.2. The number of hydrogen-bond donors (Lipinski definition) is 0. The zero-order valence-corrected chi connectivity index (χ0v) is 16.8. The van der Waals surface area contributed by atoms with Crippen molar-refractivity contribution in [1.82, 2.24) is 14.5 Å². The molecule has 1 unspecified atom stereocenters. The Morgan fingerprint density at radius 1 is 1.19 bits per heavy atom. The van der Waals surface area contributed by atoms with Crippen molar-refractivity contribution in [3.63, 3.8) is 0 Å². The Bertz CT molecular complexity index is 1090. The number of hydrogen-bond acceptors (Lipinski definition) is 4. The van der Waals surface area contributed by atoms with Crippen molar-refractivity contribution in [2.24, 2.45) is 0 Å². The highest BCUT2D eigenvalue weighted by Crippen LogP contribution is 2.38. The Hall–Kier alpha value is -2.18. The minimum Gasteiger partial charge on any atom is -0.344 e. The number of fused-ring (bicyclic) bond motifs is 3. The lowest BCUT2D eigenvalue weighted by Gasteiger charge is -2.31. The number of aryl methyl sites for hydroxylation is 2. The van der Waals surface area contributed by atoms with Gasteiger partial charge in [-0.25, -0.2) is 8.42 Å². The van der Waals surface area contributed by atoms with E-state index in [1.807, 2.05) is 24.5 Å². The van der Waals surface area contributed by atoms with Gasteiger partial charge in [-0.05, 0) is 61.9 Å². The SMILES string of the molecule is CC1c2c(n(CCc3ccncc3)c3ccc(S(C)(=O)=O)cc23)CCN1C.